The lowest BCUT2D eigenvalue weighted by molar-refractivity contribution is 0.0601. The fourth-order valence-electron chi connectivity index (χ4n) is 4.70. The van der Waals surface area contributed by atoms with E-state index < -0.39 is 0 Å². The number of amides is 1. The lowest BCUT2D eigenvalue weighted by Crippen LogP contribution is -2.51. The number of fused-ring (bicyclic) bond motifs is 1. The Labute approximate surface area is 153 Å². The second kappa shape index (κ2) is 6.85. The topological polar surface area (TPSA) is 69.8 Å². The van der Waals surface area contributed by atoms with E-state index in [9.17, 15) is 9.90 Å². The van der Waals surface area contributed by atoms with Crippen LogP contribution in [0.2, 0.25) is 0 Å². The van der Waals surface area contributed by atoms with E-state index in [1.54, 1.807) is 6.92 Å². The van der Waals surface area contributed by atoms with Crippen molar-refractivity contribution in [2.45, 2.75) is 18.8 Å². The van der Waals surface area contributed by atoms with Crippen molar-refractivity contribution in [1.29, 1.82) is 0 Å². The summed E-state index contributed by atoms with van der Waals surface area (Å²) in [4.78, 5) is 17.2. The maximum Gasteiger partial charge on any atom is 0.259 e. The second-order valence-corrected chi connectivity index (χ2v) is 7.47. The zero-order chi connectivity index (χ0) is 18.1. The molecule has 1 amide bonds. The van der Waals surface area contributed by atoms with Gasteiger partial charge in [0.05, 0.1) is 12.8 Å². The summed E-state index contributed by atoms with van der Waals surface area (Å²) in [6.45, 7) is 5.92. The Balaban J connectivity index is 1.60. The van der Waals surface area contributed by atoms with Crippen molar-refractivity contribution < 1.29 is 14.4 Å². The lowest BCUT2D eigenvalue weighted by Gasteiger charge is -2.44. The van der Waals surface area contributed by atoms with E-state index in [2.05, 4.69) is 34.3 Å². The van der Waals surface area contributed by atoms with E-state index in [0.29, 0.717) is 23.8 Å². The number of carbonyl (C=O) groups excluding carboxylic acids is 1. The first-order valence-corrected chi connectivity index (χ1v) is 9.23. The Kier molecular flexibility index (Phi) is 4.54. The summed E-state index contributed by atoms with van der Waals surface area (Å²) in [7, 11) is 0. The lowest BCUT2D eigenvalue weighted by atomic mass is 9.68. The SMILES string of the molecule is Cc1oncc1C(=O)N1CCC2(c3ccccc3)CN(CCO)CC2C1. The Morgan fingerprint density at radius 1 is 1.35 bits per heavy atom. The summed E-state index contributed by atoms with van der Waals surface area (Å²) in [5.41, 5.74) is 1.96. The molecule has 0 spiro atoms. The maximum absolute atomic E-state index is 12.9. The van der Waals surface area contributed by atoms with Crippen LogP contribution in [-0.2, 0) is 5.41 Å². The molecule has 2 unspecified atom stereocenters. The van der Waals surface area contributed by atoms with Gasteiger partial charge in [-0.05, 0) is 18.9 Å². The predicted octanol–water partition coefficient (Wildman–Crippen LogP) is 1.69. The van der Waals surface area contributed by atoms with Gasteiger partial charge in [0.15, 0.2) is 0 Å². The first-order chi connectivity index (χ1) is 12.6. The third-order valence-corrected chi connectivity index (χ3v) is 6.07. The number of aryl methyl sites for hydroxylation is 1. The van der Waals surface area contributed by atoms with E-state index in [1.807, 2.05) is 11.0 Å². The number of piperidine rings is 1. The zero-order valence-electron chi connectivity index (χ0n) is 15.1. The average Bonchev–Trinajstić information content (AvgIpc) is 3.25. The van der Waals surface area contributed by atoms with Crippen molar-refractivity contribution in [3.63, 3.8) is 0 Å². The molecule has 138 valence electrons. The molecular formula is C20H25N3O3. The molecule has 0 aliphatic carbocycles. The molecule has 2 atom stereocenters. The molecule has 0 radical (unpaired) electrons. The van der Waals surface area contributed by atoms with E-state index in [0.717, 1.165) is 32.6 Å². The third kappa shape index (κ3) is 2.83. The molecule has 1 aromatic carbocycles. The fourth-order valence-corrected chi connectivity index (χ4v) is 4.70. The number of nitrogens with zero attached hydrogens (tertiary/aromatic N) is 3. The van der Waals surface area contributed by atoms with Crippen LogP contribution in [0.25, 0.3) is 0 Å². The smallest absolute Gasteiger partial charge is 0.259 e. The summed E-state index contributed by atoms with van der Waals surface area (Å²) >= 11 is 0. The molecule has 4 rings (SSSR count). The standard InChI is InChI=1S/C20H25N3O3/c1-15-18(11-21-26-15)19(25)23-8-7-20(16-5-3-2-4-6-16)14-22(9-10-24)12-17(20)13-23/h2-6,11,17,24H,7-10,12-14H2,1H3. The van der Waals surface area contributed by atoms with Crippen LogP contribution in [0, 0.1) is 12.8 Å². The molecule has 3 heterocycles. The van der Waals surface area contributed by atoms with Gasteiger partial charge in [-0.3, -0.25) is 9.69 Å². The van der Waals surface area contributed by atoms with Crippen LogP contribution in [0.15, 0.2) is 41.1 Å². The first-order valence-electron chi connectivity index (χ1n) is 9.23. The molecule has 6 heteroatoms. The number of rotatable bonds is 4. The average molecular weight is 355 g/mol. The number of aliphatic hydroxyl groups is 1. The number of hydrogen-bond donors (Lipinski definition) is 1. The van der Waals surface area contributed by atoms with Crippen molar-refractivity contribution >= 4 is 5.91 Å². The number of carbonyl (C=O) groups is 1. The summed E-state index contributed by atoms with van der Waals surface area (Å²) in [5, 5.41) is 13.1. The van der Waals surface area contributed by atoms with Crippen LogP contribution in [-0.4, -0.2) is 65.3 Å². The molecule has 26 heavy (non-hydrogen) atoms. The monoisotopic (exact) mass is 355 g/mol. The molecule has 0 saturated carbocycles. The van der Waals surface area contributed by atoms with E-state index in [4.69, 9.17) is 4.52 Å². The van der Waals surface area contributed by atoms with E-state index in [1.165, 1.54) is 11.8 Å². The summed E-state index contributed by atoms with van der Waals surface area (Å²) in [6, 6.07) is 10.6. The van der Waals surface area contributed by atoms with E-state index >= 15 is 0 Å². The van der Waals surface area contributed by atoms with Crippen molar-refractivity contribution in [2.75, 3.05) is 39.3 Å². The van der Waals surface area contributed by atoms with Gasteiger partial charge in [-0.15, -0.1) is 0 Å². The van der Waals surface area contributed by atoms with Crippen LogP contribution >= 0.6 is 0 Å². The minimum absolute atomic E-state index is 0.00557. The number of hydrogen-bond acceptors (Lipinski definition) is 5. The first kappa shape index (κ1) is 17.2. The molecule has 2 aliphatic heterocycles. The largest absolute Gasteiger partial charge is 0.395 e. The van der Waals surface area contributed by atoms with Gasteiger partial charge >= 0.3 is 0 Å². The van der Waals surface area contributed by atoms with Gasteiger partial charge in [0, 0.05) is 44.1 Å². The van der Waals surface area contributed by atoms with Crippen LogP contribution in [0.3, 0.4) is 0 Å². The highest BCUT2D eigenvalue weighted by molar-refractivity contribution is 5.94. The van der Waals surface area contributed by atoms with Crippen molar-refractivity contribution in [3.8, 4) is 0 Å². The van der Waals surface area contributed by atoms with Crippen LogP contribution in [0.1, 0.15) is 28.1 Å². The fraction of sp³-hybridized carbons (Fsp3) is 0.500. The minimum Gasteiger partial charge on any atom is -0.395 e. The molecule has 2 aliphatic rings. The van der Waals surface area contributed by atoms with E-state index in [-0.39, 0.29) is 17.9 Å². The van der Waals surface area contributed by atoms with Crippen molar-refractivity contribution in [2.24, 2.45) is 5.92 Å². The number of likely N-dealkylation sites (tertiary alicyclic amines) is 2. The number of aliphatic hydroxyl groups excluding tert-OH is 1. The summed E-state index contributed by atoms with van der Waals surface area (Å²) in [6.07, 6.45) is 2.45. The highest BCUT2D eigenvalue weighted by atomic mass is 16.5. The Hall–Kier alpha value is -2.18. The van der Waals surface area contributed by atoms with Crippen LogP contribution in [0.5, 0.6) is 0 Å². The van der Waals surface area contributed by atoms with Gasteiger partial charge < -0.3 is 14.5 Å². The van der Waals surface area contributed by atoms with Gasteiger partial charge in [0.2, 0.25) is 0 Å². The van der Waals surface area contributed by atoms with Gasteiger partial charge in [-0.2, -0.15) is 0 Å². The van der Waals surface area contributed by atoms with Crippen LogP contribution < -0.4 is 0 Å². The van der Waals surface area contributed by atoms with Gasteiger partial charge in [-0.25, -0.2) is 0 Å². The Morgan fingerprint density at radius 3 is 2.85 bits per heavy atom. The van der Waals surface area contributed by atoms with Gasteiger partial charge in [0.1, 0.15) is 11.3 Å². The molecule has 2 fully saturated rings. The Morgan fingerprint density at radius 2 is 2.15 bits per heavy atom. The highest BCUT2D eigenvalue weighted by Crippen LogP contribution is 2.45. The number of β-amino-alcohol motifs (C(OH)–C–C–N with tert-alkyl or cyclic N) is 1. The maximum atomic E-state index is 12.9. The molecular weight excluding hydrogens is 330 g/mol. The van der Waals surface area contributed by atoms with Gasteiger partial charge in [-0.1, -0.05) is 35.5 Å². The quantitative estimate of drug-likeness (QED) is 0.904. The molecule has 2 saturated heterocycles. The normalized spacial score (nSPS) is 26.1. The zero-order valence-corrected chi connectivity index (χ0v) is 15.1. The second-order valence-electron chi connectivity index (χ2n) is 7.47. The molecule has 0 bridgehead atoms. The number of benzene rings is 1. The van der Waals surface area contributed by atoms with Crippen molar-refractivity contribution in [1.82, 2.24) is 15.0 Å². The minimum atomic E-state index is 0.00557. The van der Waals surface area contributed by atoms with Gasteiger partial charge in [0.25, 0.3) is 5.91 Å². The highest BCUT2D eigenvalue weighted by Gasteiger charge is 2.50. The Bertz CT molecular complexity index is 776. The molecule has 6 nitrogen and oxygen atoms in total. The third-order valence-electron chi connectivity index (χ3n) is 6.07. The number of aromatic nitrogens is 1. The van der Waals surface area contributed by atoms with Crippen molar-refractivity contribution in [3.05, 3.63) is 53.4 Å². The molecule has 1 N–H and O–H groups in total. The summed E-state index contributed by atoms with van der Waals surface area (Å²) in [5.74, 6) is 0.934. The summed E-state index contributed by atoms with van der Waals surface area (Å²) < 4.78 is 5.07. The van der Waals surface area contributed by atoms with Crippen LogP contribution in [0.4, 0.5) is 0 Å². The molecule has 2 aromatic rings. The predicted molar refractivity (Wildman–Crippen MR) is 96.9 cm³/mol. The molecule has 1 aromatic heterocycles.